The third kappa shape index (κ3) is 2.85. The number of anilines is 1. The number of hydrogen-bond donors (Lipinski definition) is 3. The largest absolute Gasteiger partial charge is 0.359 e. The highest BCUT2D eigenvalue weighted by Gasteiger charge is 2.01. The maximum absolute atomic E-state index is 11.4. The van der Waals surface area contributed by atoms with Crippen molar-refractivity contribution in [3.05, 3.63) is 22.1 Å². The molecule has 0 aliphatic rings. The fourth-order valence-corrected chi connectivity index (χ4v) is 0.988. The first-order chi connectivity index (χ1) is 6.63. The Kier molecular flexibility index (Phi) is 3.64. The van der Waals surface area contributed by atoms with Crippen LogP contribution >= 0.6 is 0 Å². The fourth-order valence-electron chi connectivity index (χ4n) is 0.988. The molecular weight excluding hydrogens is 180 g/mol. The number of nitrogens with zero attached hydrogens (tertiary/aromatic N) is 1. The van der Waals surface area contributed by atoms with E-state index >= 15 is 0 Å². The van der Waals surface area contributed by atoms with Crippen LogP contribution in [0.15, 0.2) is 11.0 Å². The summed E-state index contributed by atoms with van der Waals surface area (Å²) in [6.07, 6.45) is 1.58. The highest BCUT2D eigenvalue weighted by molar-refractivity contribution is 5.23. The molecule has 3 N–H and O–H groups in total. The monoisotopic (exact) mass is 196 g/mol. The second-order valence-corrected chi connectivity index (χ2v) is 3.37. The van der Waals surface area contributed by atoms with E-state index in [1.54, 1.807) is 13.2 Å². The van der Waals surface area contributed by atoms with Crippen molar-refractivity contribution in [3.63, 3.8) is 0 Å². The van der Waals surface area contributed by atoms with Gasteiger partial charge in [0.15, 0.2) is 0 Å². The minimum Gasteiger partial charge on any atom is -0.359 e. The zero-order valence-corrected chi connectivity index (χ0v) is 8.72. The molecule has 0 saturated heterocycles. The summed E-state index contributed by atoms with van der Waals surface area (Å²) >= 11 is 0. The molecule has 0 fully saturated rings. The van der Waals surface area contributed by atoms with Gasteiger partial charge in [0.2, 0.25) is 5.95 Å². The second kappa shape index (κ2) is 4.76. The lowest BCUT2D eigenvalue weighted by molar-refractivity contribution is 0.585. The lowest BCUT2D eigenvalue weighted by Crippen LogP contribution is -2.26. The number of rotatable bonds is 4. The molecule has 0 aliphatic carbocycles. The predicted molar refractivity (Wildman–Crippen MR) is 56.4 cm³/mol. The molecule has 0 aromatic carbocycles. The van der Waals surface area contributed by atoms with Gasteiger partial charge in [-0.3, -0.25) is 9.78 Å². The van der Waals surface area contributed by atoms with Gasteiger partial charge in [-0.05, 0) is 0 Å². The maximum atomic E-state index is 11.4. The standard InChI is InChI=1S/C9H16N4O/c1-6(2)11-4-7-5-12-9(10-3)13-8(7)14/h5-6,11H,4H2,1-3H3,(H2,10,12,13,14). The summed E-state index contributed by atoms with van der Waals surface area (Å²) in [5, 5.41) is 5.93. The topological polar surface area (TPSA) is 69.8 Å². The van der Waals surface area contributed by atoms with E-state index < -0.39 is 0 Å². The molecule has 0 saturated carbocycles. The first-order valence-corrected chi connectivity index (χ1v) is 4.63. The zero-order valence-electron chi connectivity index (χ0n) is 8.72. The van der Waals surface area contributed by atoms with E-state index in [9.17, 15) is 4.79 Å². The van der Waals surface area contributed by atoms with Gasteiger partial charge >= 0.3 is 0 Å². The van der Waals surface area contributed by atoms with E-state index in [-0.39, 0.29) is 5.56 Å². The van der Waals surface area contributed by atoms with E-state index in [1.165, 1.54) is 0 Å². The van der Waals surface area contributed by atoms with Crippen LogP contribution in [0.5, 0.6) is 0 Å². The van der Waals surface area contributed by atoms with Gasteiger partial charge in [0.1, 0.15) is 0 Å². The van der Waals surface area contributed by atoms with Crippen LogP contribution in [0.2, 0.25) is 0 Å². The summed E-state index contributed by atoms with van der Waals surface area (Å²) in [4.78, 5) is 18.1. The number of hydrogen-bond acceptors (Lipinski definition) is 4. The molecule has 14 heavy (non-hydrogen) atoms. The Morgan fingerprint density at radius 3 is 2.79 bits per heavy atom. The summed E-state index contributed by atoms with van der Waals surface area (Å²) in [7, 11) is 1.71. The van der Waals surface area contributed by atoms with Gasteiger partial charge in [0, 0.05) is 31.4 Å². The molecule has 78 valence electrons. The highest BCUT2D eigenvalue weighted by Crippen LogP contribution is 1.93. The van der Waals surface area contributed by atoms with E-state index in [0.29, 0.717) is 24.1 Å². The van der Waals surface area contributed by atoms with Gasteiger partial charge in [0.05, 0.1) is 0 Å². The first-order valence-electron chi connectivity index (χ1n) is 4.63. The molecule has 0 bridgehead atoms. The van der Waals surface area contributed by atoms with Crippen LogP contribution in [0.1, 0.15) is 19.4 Å². The quantitative estimate of drug-likeness (QED) is 0.648. The molecule has 0 radical (unpaired) electrons. The average Bonchev–Trinajstić information content (AvgIpc) is 2.15. The smallest absolute Gasteiger partial charge is 0.256 e. The number of nitrogens with one attached hydrogen (secondary N) is 3. The Balaban J connectivity index is 2.74. The molecule has 0 atom stereocenters. The van der Waals surface area contributed by atoms with Crippen molar-refractivity contribution in [1.82, 2.24) is 15.3 Å². The van der Waals surface area contributed by atoms with Crippen LogP contribution in [-0.2, 0) is 6.54 Å². The lowest BCUT2D eigenvalue weighted by atomic mass is 10.3. The van der Waals surface area contributed by atoms with Crippen molar-refractivity contribution in [2.45, 2.75) is 26.4 Å². The first kappa shape index (κ1) is 10.7. The molecule has 1 aromatic rings. The van der Waals surface area contributed by atoms with E-state index in [4.69, 9.17) is 0 Å². The van der Waals surface area contributed by atoms with Crippen molar-refractivity contribution in [2.24, 2.45) is 0 Å². The fraction of sp³-hybridized carbons (Fsp3) is 0.556. The molecule has 0 amide bonds. The average molecular weight is 196 g/mol. The van der Waals surface area contributed by atoms with Crippen molar-refractivity contribution < 1.29 is 0 Å². The Labute approximate surface area is 83.0 Å². The summed E-state index contributed by atoms with van der Waals surface area (Å²) < 4.78 is 0. The Hall–Kier alpha value is -1.36. The third-order valence-electron chi connectivity index (χ3n) is 1.81. The van der Waals surface area contributed by atoms with Gasteiger partial charge in [-0.15, -0.1) is 0 Å². The summed E-state index contributed by atoms with van der Waals surface area (Å²) in [6.45, 7) is 4.61. The normalized spacial score (nSPS) is 10.6. The highest BCUT2D eigenvalue weighted by atomic mass is 16.1. The van der Waals surface area contributed by atoms with Crippen LogP contribution in [0.3, 0.4) is 0 Å². The number of H-pyrrole nitrogens is 1. The zero-order chi connectivity index (χ0) is 10.6. The number of aromatic amines is 1. The molecule has 5 nitrogen and oxygen atoms in total. The van der Waals surface area contributed by atoms with Crippen molar-refractivity contribution in [1.29, 1.82) is 0 Å². The molecule has 0 unspecified atom stereocenters. The minimum absolute atomic E-state index is 0.0995. The third-order valence-corrected chi connectivity index (χ3v) is 1.81. The SMILES string of the molecule is CNc1ncc(CNC(C)C)c(=O)[nH]1. The van der Waals surface area contributed by atoms with Crippen LogP contribution in [-0.4, -0.2) is 23.1 Å². The Bertz CT molecular complexity index is 345. The van der Waals surface area contributed by atoms with Crippen molar-refractivity contribution >= 4 is 5.95 Å². The van der Waals surface area contributed by atoms with Gasteiger partial charge in [-0.25, -0.2) is 4.98 Å². The van der Waals surface area contributed by atoms with Crippen LogP contribution in [0.25, 0.3) is 0 Å². The van der Waals surface area contributed by atoms with Gasteiger partial charge in [0.25, 0.3) is 5.56 Å². The Morgan fingerprint density at radius 1 is 1.57 bits per heavy atom. The van der Waals surface area contributed by atoms with Crippen molar-refractivity contribution in [2.75, 3.05) is 12.4 Å². The molecule has 1 aromatic heterocycles. The maximum Gasteiger partial charge on any atom is 0.256 e. The van der Waals surface area contributed by atoms with Crippen LogP contribution in [0, 0.1) is 0 Å². The molecule has 1 heterocycles. The molecule has 0 spiro atoms. The minimum atomic E-state index is -0.0995. The Morgan fingerprint density at radius 2 is 2.29 bits per heavy atom. The summed E-state index contributed by atoms with van der Waals surface area (Å²) in [5.41, 5.74) is 0.551. The van der Waals surface area contributed by atoms with Gasteiger partial charge in [-0.1, -0.05) is 13.8 Å². The van der Waals surface area contributed by atoms with E-state index in [0.717, 1.165) is 0 Å². The summed E-state index contributed by atoms with van der Waals surface area (Å²) in [6, 6.07) is 0.360. The molecule has 0 aliphatic heterocycles. The molecule has 5 heteroatoms. The van der Waals surface area contributed by atoms with Crippen LogP contribution < -0.4 is 16.2 Å². The molecular formula is C9H16N4O. The van der Waals surface area contributed by atoms with Crippen LogP contribution in [0.4, 0.5) is 5.95 Å². The number of aromatic nitrogens is 2. The van der Waals surface area contributed by atoms with E-state index in [1.807, 2.05) is 13.8 Å². The van der Waals surface area contributed by atoms with E-state index in [2.05, 4.69) is 20.6 Å². The second-order valence-electron chi connectivity index (χ2n) is 3.37. The van der Waals surface area contributed by atoms with Crippen molar-refractivity contribution in [3.8, 4) is 0 Å². The van der Waals surface area contributed by atoms with Gasteiger partial charge < -0.3 is 10.6 Å². The predicted octanol–water partition coefficient (Wildman–Crippen LogP) is 0.310. The molecule has 1 rings (SSSR count). The lowest BCUT2D eigenvalue weighted by Gasteiger charge is -2.07. The van der Waals surface area contributed by atoms with Gasteiger partial charge in [-0.2, -0.15) is 0 Å². The summed E-state index contributed by atoms with van der Waals surface area (Å²) in [5.74, 6) is 0.489.